The van der Waals surface area contributed by atoms with Gasteiger partial charge in [-0.05, 0) is 24.9 Å². The fourth-order valence-electron chi connectivity index (χ4n) is 1.97. The Bertz CT molecular complexity index is 481. The fraction of sp³-hybridized carbons (Fsp3) is 0.529. The summed E-state index contributed by atoms with van der Waals surface area (Å²) in [5.41, 5.74) is 6.23. The van der Waals surface area contributed by atoms with E-state index in [2.05, 4.69) is 5.32 Å². The predicted molar refractivity (Wildman–Crippen MR) is 89.1 cm³/mol. The zero-order valence-electron chi connectivity index (χ0n) is 13.8. The Morgan fingerprint density at radius 3 is 2.54 bits per heavy atom. The first-order chi connectivity index (χ1) is 11.7. The Morgan fingerprint density at radius 2 is 1.88 bits per heavy atom. The number of amides is 1. The Kier molecular flexibility index (Phi) is 10.2. The molecule has 1 unspecified atom stereocenters. The Hall–Kier alpha value is -2.12. The molecule has 0 saturated heterocycles. The largest absolute Gasteiger partial charge is 0.508 e. The van der Waals surface area contributed by atoms with Gasteiger partial charge in [0.2, 0.25) is 5.91 Å². The number of hydrogen-bond donors (Lipinski definition) is 3. The number of aliphatic hydroxyl groups excluding tert-OH is 1. The van der Waals surface area contributed by atoms with Crippen LogP contribution in [0.15, 0.2) is 30.3 Å². The molecule has 0 aliphatic heterocycles. The van der Waals surface area contributed by atoms with Gasteiger partial charge in [0, 0.05) is 6.42 Å². The van der Waals surface area contributed by atoms with Crippen molar-refractivity contribution in [3.05, 3.63) is 35.9 Å². The highest BCUT2D eigenvalue weighted by Crippen LogP contribution is 2.02. The normalized spacial score (nSPS) is 11.6. The summed E-state index contributed by atoms with van der Waals surface area (Å²) in [4.78, 5) is 23.2. The van der Waals surface area contributed by atoms with Crippen LogP contribution in [-0.2, 0) is 20.9 Å². The molecule has 1 atom stereocenters. The summed E-state index contributed by atoms with van der Waals surface area (Å²) >= 11 is 0. The number of aliphatic hydroxyl groups is 1. The van der Waals surface area contributed by atoms with E-state index in [9.17, 15) is 14.7 Å². The monoisotopic (exact) mass is 338 g/mol. The summed E-state index contributed by atoms with van der Waals surface area (Å²) in [5.74, 6) is -0.188. The molecule has 1 aromatic rings. The van der Waals surface area contributed by atoms with Crippen LogP contribution in [0.3, 0.4) is 0 Å². The summed E-state index contributed by atoms with van der Waals surface area (Å²) in [6.07, 6.45) is 2.02. The molecule has 0 aliphatic carbocycles. The number of benzene rings is 1. The average Bonchev–Trinajstić information content (AvgIpc) is 2.61. The third-order valence-corrected chi connectivity index (χ3v) is 3.30. The van der Waals surface area contributed by atoms with Crippen molar-refractivity contribution in [2.24, 2.45) is 5.73 Å². The maximum Gasteiger partial charge on any atom is 0.508 e. The van der Waals surface area contributed by atoms with Crippen LogP contribution in [0, 0.1) is 0 Å². The summed E-state index contributed by atoms with van der Waals surface area (Å²) in [6.45, 7) is 0.260. The van der Waals surface area contributed by atoms with E-state index in [0.29, 0.717) is 13.0 Å². The van der Waals surface area contributed by atoms with E-state index in [1.807, 2.05) is 30.3 Å². The molecule has 0 aliphatic rings. The van der Waals surface area contributed by atoms with Crippen LogP contribution in [0.5, 0.6) is 0 Å². The topological polar surface area (TPSA) is 111 Å². The van der Waals surface area contributed by atoms with Crippen LogP contribution in [-0.4, -0.2) is 43.0 Å². The van der Waals surface area contributed by atoms with Gasteiger partial charge in [-0.1, -0.05) is 36.8 Å². The molecule has 0 heterocycles. The Balaban J connectivity index is 2.20. The minimum absolute atomic E-state index is 0.108. The Morgan fingerprint density at radius 1 is 1.12 bits per heavy atom. The maximum absolute atomic E-state index is 11.7. The van der Waals surface area contributed by atoms with Gasteiger partial charge in [-0.2, -0.15) is 0 Å². The molecule has 24 heavy (non-hydrogen) atoms. The maximum atomic E-state index is 11.7. The smallest absolute Gasteiger partial charge is 0.432 e. The number of carbonyl (C=O) groups excluding carboxylic acids is 2. The van der Waals surface area contributed by atoms with Crippen molar-refractivity contribution in [1.29, 1.82) is 0 Å². The second-order valence-electron chi connectivity index (χ2n) is 5.38. The van der Waals surface area contributed by atoms with Crippen LogP contribution < -0.4 is 11.1 Å². The van der Waals surface area contributed by atoms with E-state index in [4.69, 9.17) is 15.2 Å². The van der Waals surface area contributed by atoms with Crippen molar-refractivity contribution in [3.8, 4) is 0 Å². The molecule has 1 amide bonds. The van der Waals surface area contributed by atoms with Crippen LogP contribution >= 0.6 is 0 Å². The standard InChI is InChI=1S/C17H26N2O5/c18-10-6-2-5-9-16(21)19-15(11-20)13-24-17(22)23-12-14-7-3-1-4-8-14/h1,3-4,7-8,15,20H,2,5-6,9-13,18H2,(H,19,21). The highest BCUT2D eigenvalue weighted by Gasteiger charge is 2.14. The van der Waals surface area contributed by atoms with E-state index < -0.39 is 12.2 Å². The van der Waals surface area contributed by atoms with Gasteiger partial charge < -0.3 is 25.6 Å². The molecule has 0 bridgehead atoms. The van der Waals surface area contributed by atoms with Crippen LogP contribution in [0.1, 0.15) is 31.2 Å². The summed E-state index contributed by atoms with van der Waals surface area (Å²) in [5, 5.41) is 11.9. The SMILES string of the molecule is NCCCCCC(=O)NC(CO)COC(=O)OCc1ccccc1. The van der Waals surface area contributed by atoms with Crippen LogP contribution in [0.4, 0.5) is 4.79 Å². The van der Waals surface area contributed by atoms with E-state index in [-0.39, 0.29) is 25.7 Å². The summed E-state index contributed by atoms with van der Waals surface area (Å²) in [6, 6.07) is 8.57. The van der Waals surface area contributed by atoms with Gasteiger partial charge >= 0.3 is 6.16 Å². The number of hydrogen-bond acceptors (Lipinski definition) is 6. The first kappa shape index (κ1) is 19.9. The van der Waals surface area contributed by atoms with Gasteiger partial charge in [0.1, 0.15) is 13.2 Å². The summed E-state index contributed by atoms with van der Waals surface area (Å²) in [7, 11) is 0. The van der Waals surface area contributed by atoms with Crippen molar-refractivity contribution in [3.63, 3.8) is 0 Å². The Labute approximate surface area is 142 Å². The van der Waals surface area contributed by atoms with Crippen molar-refractivity contribution in [1.82, 2.24) is 5.32 Å². The molecule has 0 radical (unpaired) electrons. The molecule has 7 heteroatoms. The highest BCUT2D eigenvalue weighted by atomic mass is 16.7. The molecule has 0 saturated carbocycles. The quantitative estimate of drug-likeness (QED) is 0.415. The molecule has 1 rings (SSSR count). The van der Waals surface area contributed by atoms with Gasteiger partial charge in [-0.3, -0.25) is 4.79 Å². The third-order valence-electron chi connectivity index (χ3n) is 3.30. The van der Waals surface area contributed by atoms with E-state index in [0.717, 1.165) is 24.8 Å². The van der Waals surface area contributed by atoms with Gasteiger partial charge in [-0.15, -0.1) is 0 Å². The molecule has 1 aromatic carbocycles. The molecule has 4 N–H and O–H groups in total. The molecular formula is C17H26N2O5. The third kappa shape index (κ3) is 9.12. The van der Waals surface area contributed by atoms with E-state index in [1.165, 1.54) is 0 Å². The van der Waals surface area contributed by atoms with E-state index >= 15 is 0 Å². The van der Waals surface area contributed by atoms with Crippen molar-refractivity contribution in [2.45, 2.75) is 38.3 Å². The second kappa shape index (κ2) is 12.3. The van der Waals surface area contributed by atoms with Gasteiger partial charge in [0.05, 0.1) is 12.6 Å². The minimum Gasteiger partial charge on any atom is -0.432 e. The lowest BCUT2D eigenvalue weighted by atomic mass is 10.2. The van der Waals surface area contributed by atoms with Gasteiger partial charge in [-0.25, -0.2) is 4.79 Å². The number of rotatable bonds is 11. The average molecular weight is 338 g/mol. The second-order valence-corrected chi connectivity index (χ2v) is 5.38. The van der Waals surface area contributed by atoms with Crippen LogP contribution in [0.2, 0.25) is 0 Å². The molecule has 0 fully saturated rings. The lowest BCUT2D eigenvalue weighted by Crippen LogP contribution is -2.41. The minimum atomic E-state index is -0.838. The lowest BCUT2D eigenvalue weighted by molar-refractivity contribution is -0.122. The van der Waals surface area contributed by atoms with Crippen LogP contribution in [0.25, 0.3) is 0 Å². The molecular weight excluding hydrogens is 312 g/mol. The van der Waals surface area contributed by atoms with Gasteiger partial charge in [0.25, 0.3) is 0 Å². The zero-order valence-corrected chi connectivity index (χ0v) is 13.8. The predicted octanol–water partition coefficient (Wildman–Crippen LogP) is 1.34. The number of ether oxygens (including phenoxy) is 2. The van der Waals surface area contributed by atoms with Crippen molar-refractivity contribution >= 4 is 12.1 Å². The molecule has 0 aromatic heterocycles. The number of carbonyl (C=O) groups is 2. The first-order valence-corrected chi connectivity index (χ1v) is 8.09. The number of nitrogens with two attached hydrogens (primary N) is 1. The lowest BCUT2D eigenvalue weighted by Gasteiger charge is -2.16. The van der Waals surface area contributed by atoms with Crippen molar-refractivity contribution < 1.29 is 24.2 Å². The summed E-state index contributed by atoms with van der Waals surface area (Å²) < 4.78 is 9.86. The van der Waals surface area contributed by atoms with E-state index in [1.54, 1.807) is 0 Å². The zero-order chi connectivity index (χ0) is 17.6. The highest BCUT2D eigenvalue weighted by molar-refractivity contribution is 5.76. The molecule has 0 spiro atoms. The fourth-order valence-corrected chi connectivity index (χ4v) is 1.97. The molecule has 7 nitrogen and oxygen atoms in total. The number of unbranched alkanes of at least 4 members (excludes halogenated alkanes) is 2. The van der Waals surface area contributed by atoms with Crippen molar-refractivity contribution in [2.75, 3.05) is 19.8 Å². The number of nitrogens with one attached hydrogen (secondary N) is 1. The first-order valence-electron chi connectivity index (χ1n) is 8.09. The molecule has 134 valence electrons. The van der Waals surface area contributed by atoms with Gasteiger partial charge in [0.15, 0.2) is 0 Å².